The zero-order chi connectivity index (χ0) is 9.47. The molecule has 0 amide bonds. The van der Waals surface area contributed by atoms with Crippen LogP contribution in [0.1, 0.15) is 6.92 Å². The zero-order valence-corrected chi connectivity index (χ0v) is 8.94. The van der Waals surface area contributed by atoms with E-state index in [-0.39, 0.29) is 17.9 Å². The normalized spacial score (nSPS) is 28.6. The summed E-state index contributed by atoms with van der Waals surface area (Å²) in [6.07, 6.45) is 5.89. The van der Waals surface area contributed by atoms with Gasteiger partial charge in [-0.25, -0.2) is 5.48 Å². The molecule has 0 saturated carbocycles. The Morgan fingerprint density at radius 2 is 2.29 bits per heavy atom. The molecule has 0 radical (unpaired) electrons. The molecular weight excluding hydrogens is 202 g/mol. The molecule has 0 aromatic carbocycles. The monoisotopic (exact) mass is 215 g/mol. The first-order chi connectivity index (χ1) is 6.17. The highest BCUT2D eigenvalue weighted by molar-refractivity contribution is 5.85. The molecule has 4 nitrogen and oxygen atoms in total. The second kappa shape index (κ2) is 3.55. The van der Waals surface area contributed by atoms with Crippen molar-refractivity contribution in [2.45, 2.75) is 12.5 Å². The third kappa shape index (κ3) is 1.36. The van der Waals surface area contributed by atoms with Gasteiger partial charge < -0.3 is 15.9 Å². The van der Waals surface area contributed by atoms with Gasteiger partial charge in [0.1, 0.15) is 5.82 Å². The number of nitrogens with one attached hydrogen (secondary N) is 2. The maximum atomic E-state index is 5.77. The summed E-state index contributed by atoms with van der Waals surface area (Å²) in [4.78, 5) is 5.19. The van der Waals surface area contributed by atoms with Crippen LogP contribution in [0, 0.1) is 0 Å². The second-order valence-electron chi connectivity index (χ2n) is 3.34. The standard InChI is InChI=1S/C9H13N3O.ClH/c1-9(11-2)5-3-4-6-7(9)8(10)12-13-6;/h3-5,11-12H,10H2,1-2H3;1H. The Kier molecular flexibility index (Phi) is 2.78. The summed E-state index contributed by atoms with van der Waals surface area (Å²) in [5.74, 6) is 1.37. The van der Waals surface area contributed by atoms with Crippen LogP contribution in [0.15, 0.2) is 35.4 Å². The van der Waals surface area contributed by atoms with Crippen LogP contribution in [-0.2, 0) is 4.84 Å². The van der Waals surface area contributed by atoms with E-state index in [0.717, 1.165) is 11.3 Å². The lowest BCUT2D eigenvalue weighted by atomic mass is 9.87. The van der Waals surface area contributed by atoms with Crippen LogP contribution in [0.25, 0.3) is 0 Å². The number of hydroxylamine groups is 1. The van der Waals surface area contributed by atoms with Crippen LogP contribution in [0.5, 0.6) is 0 Å². The number of halogens is 1. The average Bonchev–Trinajstić information content (AvgIpc) is 2.50. The predicted molar refractivity (Wildman–Crippen MR) is 57.4 cm³/mol. The van der Waals surface area contributed by atoms with Crippen molar-refractivity contribution in [3.8, 4) is 0 Å². The summed E-state index contributed by atoms with van der Waals surface area (Å²) >= 11 is 0. The van der Waals surface area contributed by atoms with Crippen molar-refractivity contribution in [3.05, 3.63) is 35.4 Å². The van der Waals surface area contributed by atoms with E-state index in [1.807, 2.05) is 19.2 Å². The van der Waals surface area contributed by atoms with Crippen LogP contribution in [0.4, 0.5) is 0 Å². The van der Waals surface area contributed by atoms with Gasteiger partial charge in [-0.15, -0.1) is 12.4 Å². The van der Waals surface area contributed by atoms with E-state index in [4.69, 9.17) is 10.6 Å². The fourth-order valence-corrected chi connectivity index (χ4v) is 1.62. The highest BCUT2D eigenvalue weighted by atomic mass is 35.5. The van der Waals surface area contributed by atoms with Crippen LogP contribution in [-0.4, -0.2) is 12.6 Å². The van der Waals surface area contributed by atoms with Crippen molar-refractivity contribution in [3.63, 3.8) is 0 Å². The lowest BCUT2D eigenvalue weighted by molar-refractivity contribution is 0.158. The van der Waals surface area contributed by atoms with Crippen LogP contribution < -0.4 is 16.5 Å². The van der Waals surface area contributed by atoms with Gasteiger partial charge in [0, 0.05) is 0 Å². The van der Waals surface area contributed by atoms with Gasteiger partial charge in [-0.2, -0.15) is 0 Å². The molecule has 2 rings (SSSR count). The smallest absolute Gasteiger partial charge is 0.164 e. The Morgan fingerprint density at radius 1 is 1.57 bits per heavy atom. The van der Waals surface area contributed by atoms with Gasteiger partial charge in [0.25, 0.3) is 0 Å². The quantitative estimate of drug-likeness (QED) is 0.598. The number of hydrogen-bond acceptors (Lipinski definition) is 4. The molecule has 2 aliphatic rings. The SMILES string of the molecule is CNC1(C)C=CC=C2ONC(N)=C21.Cl. The number of likely N-dealkylation sites (N-methyl/N-ethyl adjacent to an activating group) is 1. The van der Waals surface area contributed by atoms with Crippen molar-refractivity contribution in [1.82, 2.24) is 10.8 Å². The van der Waals surface area contributed by atoms with Gasteiger partial charge in [0.05, 0.1) is 11.1 Å². The molecule has 0 bridgehead atoms. The summed E-state index contributed by atoms with van der Waals surface area (Å²) in [5.41, 5.74) is 9.16. The van der Waals surface area contributed by atoms with Gasteiger partial charge in [-0.1, -0.05) is 12.2 Å². The average molecular weight is 216 g/mol. The minimum Gasteiger partial charge on any atom is -0.383 e. The molecule has 1 unspecified atom stereocenters. The molecule has 78 valence electrons. The molecule has 4 N–H and O–H groups in total. The van der Waals surface area contributed by atoms with E-state index in [1.165, 1.54) is 0 Å². The van der Waals surface area contributed by atoms with E-state index in [2.05, 4.69) is 23.8 Å². The van der Waals surface area contributed by atoms with Crippen LogP contribution in [0.2, 0.25) is 0 Å². The Morgan fingerprint density at radius 3 is 2.93 bits per heavy atom. The van der Waals surface area contributed by atoms with Gasteiger partial charge in [-0.3, -0.25) is 0 Å². The van der Waals surface area contributed by atoms with Gasteiger partial charge >= 0.3 is 0 Å². The number of hydrogen-bond donors (Lipinski definition) is 3. The first-order valence-corrected chi connectivity index (χ1v) is 4.19. The summed E-state index contributed by atoms with van der Waals surface area (Å²) in [6, 6.07) is 0. The molecule has 1 aliphatic carbocycles. The maximum absolute atomic E-state index is 5.77. The largest absolute Gasteiger partial charge is 0.383 e. The Balaban J connectivity index is 0.000000980. The van der Waals surface area contributed by atoms with E-state index in [1.54, 1.807) is 0 Å². The second-order valence-corrected chi connectivity index (χ2v) is 3.34. The first kappa shape index (κ1) is 10.9. The van der Waals surface area contributed by atoms with Crippen molar-refractivity contribution in [1.29, 1.82) is 0 Å². The number of allylic oxidation sites excluding steroid dienone is 2. The molecule has 0 aromatic heterocycles. The molecule has 0 spiro atoms. The van der Waals surface area contributed by atoms with E-state index in [9.17, 15) is 0 Å². The Hall–Kier alpha value is -1.13. The molecular formula is C9H14ClN3O. The molecule has 14 heavy (non-hydrogen) atoms. The minimum atomic E-state index is -0.238. The number of nitrogens with two attached hydrogens (primary N) is 1. The number of fused-ring (bicyclic) bond motifs is 1. The fourth-order valence-electron chi connectivity index (χ4n) is 1.62. The van der Waals surface area contributed by atoms with Gasteiger partial charge in [0.15, 0.2) is 5.76 Å². The molecule has 0 saturated heterocycles. The van der Waals surface area contributed by atoms with Gasteiger partial charge in [0.2, 0.25) is 0 Å². The van der Waals surface area contributed by atoms with E-state index < -0.39 is 0 Å². The Labute approximate surface area is 89.2 Å². The van der Waals surface area contributed by atoms with E-state index >= 15 is 0 Å². The third-order valence-electron chi connectivity index (χ3n) is 2.50. The lowest BCUT2D eigenvalue weighted by Crippen LogP contribution is -2.41. The minimum absolute atomic E-state index is 0. The highest BCUT2D eigenvalue weighted by Gasteiger charge is 2.36. The summed E-state index contributed by atoms with van der Waals surface area (Å²) in [7, 11) is 1.89. The predicted octanol–water partition coefficient (Wildman–Crippen LogP) is 0.545. The first-order valence-electron chi connectivity index (χ1n) is 4.19. The van der Waals surface area contributed by atoms with Crippen molar-refractivity contribution in [2.24, 2.45) is 5.73 Å². The maximum Gasteiger partial charge on any atom is 0.164 e. The topological polar surface area (TPSA) is 59.3 Å². The molecule has 5 heteroatoms. The molecule has 1 heterocycles. The molecule has 1 aliphatic heterocycles. The van der Waals surface area contributed by atoms with Gasteiger partial charge in [-0.05, 0) is 20.0 Å². The van der Waals surface area contributed by atoms with Crippen LogP contribution >= 0.6 is 12.4 Å². The molecule has 1 atom stereocenters. The zero-order valence-electron chi connectivity index (χ0n) is 8.13. The number of rotatable bonds is 1. The highest BCUT2D eigenvalue weighted by Crippen LogP contribution is 2.33. The summed E-state index contributed by atoms with van der Waals surface area (Å²) < 4.78 is 0. The fraction of sp³-hybridized carbons (Fsp3) is 0.333. The molecule has 0 fully saturated rings. The van der Waals surface area contributed by atoms with Crippen molar-refractivity contribution < 1.29 is 4.84 Å². The molecule has 0 aromatic rings. The lowest BCUT2D eigenvalue weighted by Gasteiger charge is -2.28. The summed E-state index contributed by atoms with van der Waals surface area (Å²) in [6.45, 7) is 2.05. The summed E-state index contributed by atoms with van der Waals surface area (Å²) in [5, 5.41) is 3.20. The third-order valence-corrected chi connectivity index (χ3v) is 2.50. The Bertz CT molecular complexity index is 335. The van der Waals surface area contributed by atoms with E-state index in [0.29, 0.717) is 5.82 Å². The van der Waals surface area contributed by atoms with Crippen molar-refractivity contribution >= 4 is 12.4 Å². The van der Waals surface area contributed by atoms with Crippen molar-refractivity contribution in [2.75, 3.05) is 7.05 Å². The van der Waals surface area contributed by atoms with Crippen LogP contribution in [0.3, 0.4) is 0 Å².